The van der Waals surface area contributed by atoms with Crippen LogP contribution in [0.3, 0.4) is 0 Å². The SMILES string of the molecule is Cc1cc[n+](C)c(CN)c1.Cl. The first kappa shape index (κ1) is 10.4. The summed E-state index contributed by atoms with van der Waals surface area (Å²) in [6.45, 7) is 2.68. The Morgan fingerprint density at radius 2 is 2.18 bits per heavy atom. The number of pyridine rings is 1. The lowest BCUT2D eigenvalue weighted by Crippen LogP contribution is -2.34. The molecule has 0 atom stereocenters. The first-order valence-corrected chi connectivity index (χ1v) is 3.39. The Morgan fingerprint density at radius 3 is 2.64 bits per heavy atom. The van der Waals surface area contributed by atoms with Gasteiger partial charge in [-0.25, -0.2) is 4.57 Å². The van der Waals surface area contributed by atoms with Crippen LogP contribution < -0.4 is 10.3 Å². The Kier molecular flexibility index (Phi) is 4.08. The normalized spacial score (nSPS) is 9.00. The maximum atomic E-state index is 5.50. The van der Waals surface area contributed by atoms with Gasteiger partial charge in [0.15, 0.2) is 11.9 Å². The fourth-order valence-electron chi connectivity index (χ4n) is 0.941. The number of hydrogen-bond donors (Lipinski definition) is 1. The Morgan fingerprint density at radius 1 is 1.55 bits per heavy atom. The summed E-state index contributed by atoms with van der Waals surface area (Å²) in [5.41, 5.74) is 7.93. The fraction of sp³-hybridized carbons (Fsp3) is 0.375. The van der Waals surface area contributed by atoms with Crippen molar-refractivity contribution in [3.63, 3.8) is 0 Å². The third-order valence-electron chi connectivity index (χ3n) is 1.62. The molecule has 2 N–H and O–H groups in total. The van der Waals surface area contributed by atoms with Crippen molar-refractivity contribution >= 4 is 12.4 Å². The van der Waals surface area contributed by atoms with Crippen LogP contribution in [0.15, 0.2) is 18.3 Å². The minimum absolute atomic E-state index is 0. The maximum absolute atomic E-state index is 5.50. The van der Waals surface area contributed by atoms with Gasteiger partial charge in [0.2, 0.25) is 0 Å². The monoisotopic (exact) mass is 173 g/mol. The molecule has 1 heterocycles. The summed E-state index contributed by atoms with van der Waals surface area (Å²) in [5.74, 6) is 0. The molecular formula is C8H14ClN2+. The van der Waals surface area contributed by atoms with E-state index in [-0.39, 0.29) is 12.4 Å². The molecular weight excluding hydrogens is 160 g/mol. The minimum atomic E-state index is 0. The molecule has 11 heavy (non-hydrogen) atoms. The van der Waals surface area contributed by atoms with E-state index in [0.717, 1.165) is 0 Å². The number of hydrogen-bond acceptors (Lipinski definition) is 1. The molecule has 3 heteroatoms. The second kappa shape index (κ2) is 4.31. The molecule has 2 nitrogen and oxygen atoms in total. The Bertz CT molecular complexity index is 236. The van der Waals surface area contributed by atoms with Gasteiger partial charge in [-0.1, -0.05) is 0 Å². The maximum Gasteiger partial charge on any atom is 0.195 e. The average molecular weight is 174 g/mol. The highest BCUT2D eigenvalue weighted by Crippen LogP contribution is 1.95. The fourth-order valence-corrected chi connectivity index (χ4v) is 0.941. The Balaban J connectivity index is 0.000001000. The number of aryl methyl sites for hydroxylation is 2. The molecule has 0 aliphatic heterocycles. The third kappa shape index (κ3) is 2.48. The zero-order valence-electron chi connectivity index (χ0n) is 6.87. The number of nitrogens with two attached hydrogens (primary N) is 1. The van der Waals surface area contributed by atoms with Crippen LogP contribution in [0.2, 0.25) is 0 Å². The van der Waals surface area contributed by atoms with E-state index in [2.05, 4.69) is 19.1 Å². The van der Waals surface area contributed by atoms with Gasteiger partial charge in [0.05, 0.1) is 6.54 Å². The molecule has 0 fully saturated rings. The average Bonchev–Trinajstić information content (AvgIpc) is 1.94. The minimum Gasteiger partial charge on any atom is -0.322 e. The summed E-state index contributed by atoms with van der Waals surface area (Å²) in [6, 6.07) is 4.17. The van der Waals surface area contributed by atoms with E-state index >= 15 is 0 Å². The van der Waals surface area contributed by atoms with Gasteiger partial charge in [0, 0.05) is 12.1 Å². The number of halogens is 1. The van der Waals surface area contributed by atoms with Crippen molar-refractivity contribution < 1.29 is 4.57 Å². The Labute approximate surface area is 73.4 Å². The van der Waals surface area contributed by atoms with Gasteiger partial charge in [-0.3, -0.25) is 0 Å². The lowest BCUT2D eigenvalue weighted by Gasteiger charge is -1.95. The standard InChI is InChI=1S/C8H13N2.ClH/c1-7-3-4-10(2)8(5-7)6-9;/h3-5H,6,9H2,1-2H3;1H/q+1;. The van der Waals surface area contributed by atoms with Gasteiger partial charge in [-0.15, -0.1) is 12.4 Å². The molecule has 0 aromatic carbocycles. The Hall–Kier alpha value is -0.600. The molecule has 0 amide bonds. The van der Waals surface area contributed by atoms with Gasteiger partial charge in [0.25, 0.3) is 0 Å². The number of rotatable bonds is 1. The van der Waals surface area contributed by atoms with Crippen LogP contribution in [0, 0.1) is 6.92 Å². The molecule has 1 rings (SSSR count). The second-order valence-corrected chi connectivity index (χ2v) is 2.51. The quantitative estimate of drug-likeness (QED) is 0.623. The van der Waals surface area contributed by atoms with Crippen LogP contribution in [0.4, 0.5) is 0 Å². The van der Waals surface area contributed by atoms with Gasteiger partial charge >= 0.3 is 0 Å². The summed E-state index contributed by atoms with van der Waals surface area (Å²) in [7, 11) is 2.00. The molecule has 0 aliphatic rings. The van der Waals surface area contributed by atoms with E-state index in [1.165, 1.54) is 11.3 Å². The van der Waals surface area contributed by atoms with Gasteiger partial charge in [-0.2, -0.15) is 0 Å². The molecule has 0 spiro atoms. The van der Waals surface area contributed by atoms with E-state index < -0.39 is 0 Å². The molecule has 0 radical (unpaired) electrons. The smallest absolute Gasteiger partial charge is 0.195 e. The van der Waals surface area contributed by atoms with Crippen LogP contribution in [0.25, 0.3) is 0 Å². The molecule has 0 aliphatic carbocycles. The van der Waals surface area contributed by atoms with E-state index in [4.69, 9.17) is 5.73 Å². The summed E-state index contributed by atoms with van der Waals surface area (Å²) in [5, 5.41) is 0. The second-order valence-electron chi connectivity index (χ2n) is 2.51. The number of aromatic nitrogens is 1. The van der Waals surface area contributed by atoms with Crippen molar-refractivity contribution in [3.8, 4) is 0 Å². The molecule has 0 bridgehead atoms. The molecule has 0 saturated carbocycles. The lowest BCUT2D eigenvalue weighted by atomic mass is 10.2. The number of nitrogens with zero attached hydrogens (tertiary/aromatic N) is 1. The van der Waals surface area contributed by atoms with Crippen LogP contribution in [-0.2, 0) is 13.6 Å². The highest BCUT2D eigenvalue weighted by atomic mass is 35.5. The van der Waals surface area contributed by atoms with Crippen LogP contribution in [-0.4, -0.2) is 0 Å². The van der Waals surface area contributed by atoms with Crippen LogP contribution >= 0.6 is 12.4 Å². The van der Waals surface area contributed by atoms with Crippen molar-refractivity contribution in [2.75, 3.05) is 0 Å². The lowest BCUT2D eigenvalue weighted by molar-refractivity contribution is -0.679. The van der Waals surface area contributed by atoms with Crippen molar-refractivity contribution in [3.05, 3.63) is 29.6 Å². The van der Waals surface area contributed by atoms with Gasteiger partial charge in [0.1, 0.15) is 7.05 Å². The van der Waals surface area contributed by atoms with Gasteiger partial charge < -0.3 is 5.73 Å². The van der Waals surface area contributed by atoms with E-state index in [1.54, 1.807) is 0 Å². The molecule has 0 saturated heterocycles. The van der Waals surface area contributed by atoms with Crippen molar-refractivity contribution in [2.45, 2.75) is 13.5 Å². The summed E-state index contributed by atoms with van der Waals surface area (Å²) in [6.07, 6.45) is 2.03. The van der Waals surface area contributed by atoms with E-state index in [9.17, 15) is 0 Å². The van der Waals surface area contributed by atoms with Crippen molar-refractivity contribution in [1.29, 1.82) is 0 Å². The predicted octanol–water partition coefficient (Wildman–Crippen LogP) is 0.700. The zero-order chi connectivity index (χ0) is 7.56. The zero-order valence-corrected chi connectivity index (χ0v) is 7.69. The predicted molar refractivity (Wildman–Crippen MR) is 47.5 cm³/mol. The first-order chi connectivity index (χ1) is 4.74. The van der Waals surface area contributed by atoms with Crippen LogP contribution in [0.5, 0.6) is 0 Å². The molecule has 62 valence electrons. The van der Waals surface area contributed by atoms with Crippen molar-refractivity contribution in [1.82, 2.24) is 0 Å². The summed E-state index contributed by atoms with van der Waals surface area (Å²) >= 11 is 0. The van der Waals surface area contributed by atoms with E-state index in [0.29, 0.717) is 6.54 Å². The molecule has 1 aromatic rings. The summed E-state index contributed by atoms with van der Waals surface area (Å²) < 4.78 is 2.03. The molecule has 1 aromatic heterocycles. The largest absolute Gasteiger partial charge is 0.322 e. The topological polar surface area (TPSA) is 29.9 Å². The third-order valence-corrected chi connectivity index (χ3v) is 1.62. The van der Waals surface area contributed by atoms with Gasteiger partial charge in [-0.05, 0) is 12.5 Å². The highest BCUT2D eigenvalue weighted by molar-refractivity contribution is 5.85. The highest BCUT2D eigenvalue weighted by Gasteiger charge is 2.01. The van der Waals surface area contributed by atoms with Crippen LogP contribution in [0.1, 0.15) is 11.3 Å². The molecule has 0 unspecified atom stereocenters. The summed E-state index contributed by atoms with van der Waals surface area (Å²) in [4.78, 5) is 0. The van der Waals surface area contributed by atoms with Crippen molar-refractivity contribution in [2.24, 2.45) is 12.8 Å². The van der Waals surface area contributed by atoms with E-state index in [1.807, 2.05) is 17.8 Å². The first-order valence-electron chi connectivity index (χ1n) is 3.39.